The fraction of sp³-hybridized carbons (Fsp3) is 0.208. The van der Waals surface area contributed by atoms with Crippen molar-refractivity contribution in [3.63, 3.8) is 0 Å². The third-order valence-electron chi connectivity index (χ3n) is 5.76. The zero-order valence-electron chi connectivity index (χ0n) is 18.0. The molecule has 1 fully saturated rings. The lowest BCUT2D eigenvalue weighted by Gasteiger charge is -2.26. The topological polar surface area (TPSA) is 126 Å². The third-order valence-corrected chi connectivity index (χ3v) is 6.29. The van der Waals surface area contributed by atoms with Crippen LogP contribution in [0.1, 0.15) is 17.0 Å². The summed E-state index contributed by atoms with van der Waals surface area (Å²) in [5.74, 6) is 0.234. The predicted octanol–water partition coefficient (Wildman–Crippen LogP) is 3.89. The van der Waals surface area contributed by atoms with E-state index in [4.69, 9.17) is 19.9 Å². The Balaban J connectivity index is 1.48. The minimum atomic E-state index is -0.504. The molecule has 3 N–H and O–H groups in total. The van der Waals surface area contributed by atoms with Crippen molar-refractivity contribution in [2.45, 2.75) is 5.92 Å². The van der Waals surface area contributed by atoms with E-state index >= 15 is 0 Å². The molecule has 1 atom stereocenters. The molecule has 34 heavy (non-hydrogen) atoms. The van der Waals surface area contributed by atoms with Crippen molar-refractivity contribution in [2.24, 2.45) is 5.73 Å². The van der Waals surface area contributed by atoms with Crippen molar-refractivity contribution in [3.8, 4) is 29.0 Å². The number of aromatic nitrogens is 2. The van der Waals surface area contributed by atoms with Crippen LogP contribution in [-0.2, 0) is 4.74 Å². The number of H-pyrrole nitrogens is 1. The van der Waals surface area contributed by atoms with E-state index < -0.39 is 12.0 Å². The van der Waals surface area contributed by atoms with Crippen LogP contribution >= 0.6 is 15.9 Å². The zero-order valence-corrected chi connectivity index (χ0v) is 19.5. The van der Waals surface area contributed by atoms with Crippen molar-refractivity contribution in [1.82, 2.24) is 15.1 Å². The second-order valence-electron chi connectivity index (χ2n) is 7.79. The van der Waals surface area contributed by atoms with Gasteiger partial charge in [0.05, 0.1) is 30.4 Å². The number of nitrogens with two attached hydrogens (primary N) is 1. The number of benzene rings is 2. The maximum atomic E-state index is 12.4. The highest BCUT2D eigenvalue weighted by Crippen LogP contribution is 2.45. The summed E-state index contributed by atoms with van der Waals surface area (Å²) in [6, 6.07) is 16.9. The van der Waals surface area contributed by atoms with Crippen LogP contribution in [0.15, 0.2) is 64.5 Å². The van der Waals surface area contributed by atoms with Gasteiger partial charge in [-0.3, -0.25) is 5.10 Å². The Morgan fingerprint density at radius 2 is 1.88 bits per heavy atom. The van der Waals surface area contributed by atoms with Crippen LogP contribution in [0, 0.1) is 11.3 Å². The lowest BCUT2D eigenvalue weighted by molar-refractivity contribution is 0.0416. The van der Waals surface area contributed by atoms with E-state index in [0.717, 1.165) is 21.3 Å². The van der Waals surface area contributed by atoms with E-state index in [1.165, 1.54) is 0 Å². The van der Waals surface area contributed by atoms with Gasteiger partial charge in [-0.2, -0.15) is 5.26 Å². The molecule has 0 bridgehead atoms. The SMILES string of the molecule is N#CC1=C(N)Oc2n[nH]c(-c3ccc(Br)cc3)c2[C@@H]1c1ccc(OC(=O)N2CCOCC2)cc1. The van der Waals surface area contributed by atoms with E-state index in [-0.39, 0.29) is 11.5 Å². The largest absolute Gasteiger partial charge is 0.420 e. The van der Waals surface area contributed by atoms with E-state index in [2.05, 4.69) is 32.2 Å². The summed E-state index contributed by atoms with van der Waals surface area (Å²) >= 11 is 3.45. The number of amides is 1. The molecular formula is C24H20BrN5O4. The molecule has 172 valence electrons. The number of allylic oxidation sites excluding steroid dienone is 1. The smallest absolute Gasteiger partial charge is 0.415 e. The number of nitriles is 1. The van der Waals surface area contributed by atoms with Crippen molar-refractivity contribution < 1.29 is 19.0 Å². The maximum absolute atomic E-state index is 12.4. The van der Waals surface area contributed by atoms with Crippen LogP contribution in [0.25, 0.3) is 11.3 Å². The number of hydrogen-bond acceptors (Lipinski definition) is 7. The number of rotatable bonds is 3. The molecule has 1 aromatic heterocycles. The normalized spacial score (nSPS) is 17.5. The average Bonchev–Trinajstić information content (AvgIpc) is 3.28. The Bertz CT molecular complexity index is 1290. The molecule has 1 amide bonds. The van der Waals surface area contributed by atoms with Gasteiger partial charge in [-0.1, -0.05) is 40.2 Å². The van der Waals surface area contributed by atoms with Crippen LogP contribution in [-0.4, -0.2) is 47.5 Å². The number of carbonyl (C=O) groups is 1. The molecule has 0 saturated carbocycles. The first kappa shape index (κ1) is 22.0. The summed E-state index contributed by atoms with van der Waals surface area (Å²) in [5, 5.41) is 17.2. The minimum absolute atomic E-state index is 0.0108. The fourth-order valence-electron chi connectivity index (χ4n) is 4.05. The first-order valence-electron chi connectivity index (χ1n) is 10.6. The van der Waals surface area contributed by atoms with Gasteiger partial charge in [-0.05, 0) is 29.8 Å². The number of aromatic amines is 1. The second-order valence-corrected chi connectivity index (χ2v) is 8.70. The number of carbonyl (C=O) groups excluding carboxylic acids is 1. The van der Waals surface area contributed by atoms with Gasteiger partial charge in [0.25, 0.3) is 0 Å². The van der Waals surface area contributed by atoms with E-state index in [9.17, 15) is 10.1 Å². The van der Waals surface area contributed by atoms with Gasteiger partial charge in [-0.15, -0.1) is 5.10 Å². The Morgan fingerprint density at radius 3 is 2.56 bits per heavy atom. The van der Waals surface area contributed by atoms with Crippen LogP contribution in [0.5, 0.6) is 11.6 Å². The average molecular weight is 522 g/mol. The molecule has 0 spiro atoms. The molecule has 0 aliphatic carbocycles. The Kier molecular flexibility index (Phi) is 5.96. The molecule has 1 saturated heterocycles. The summed E-state index contributed by atoms with van der Waals surface area (Å²) in [7, 11) is 0. The summed E-state index contributed by atoms with van der Waals surface area (Å²) in [5.41, 5.74) is 9.47. The molecule has 2 aromatic carbocycles. The number of morpholine rings is 1. The van der Waals surface area contributed by atoms with Gasteiger partial charge in [0, 0.05) is 23.1 Å². The lowest BCUT2D eigenvalue weighted by Crippen LogP contribution is -2.42. The number of nitrogens with zero attached hydrogens (tertiary/aromatic N) is 3. The first-order valence-corrected chi connectivity index (χ1v) is 11.4. The molecule has 0 unspecified atom stereocenters. The van der Waals surface area contributed by atoms with Gasteiger partial charge in [-0.25, -0.2) is 4.79 Å². The van der Waals surface area contributed by atoms with E-state index in [0.29, 0.717) is 43.5 Å². The number of halogens is 1. The first-order chi connectivity index (χ1) is 16.5. The third kappa shape index (κ3) is 4.11. The maximum Gasteiger partial charge on any atom is 0.415 e. The standard InChI is InChI=1S/C24H20BrN5O4/c25-16-5-1-15(2-6-16)21-20-19(18(13-26)22(27)34-23(20)29-28-21)14-3-7-17(8-4-14)33-24(31)30-9-11-32-12-10-30/h1-8,19H,9-12,27H2,(H,28,29)/t19-/m1/s1. The Morgan fingerprint density at radius 1 is 1.18 bits per heavy atom. The van der Waals surface area contributed by atoms with Crippen LogP contribution in [0.4, 0.5) is 4.79 Å². The molecule has 3 aromatic rings. The Hall–Kier alpha value is -3.81. The highest BCUT2D eigenvalue weighted by molar-refractivity contribution is 9.10. The van der Waals surface area contributed by atoms with E-state index in [1.807, 2.05) is 36.4 Å². The van der Waals surface area contributed by atoms with Crippen molar-refractivity contribution in [2.75, 3.05) is 26.3 Å². The van der Waals surface area contributed by atoms with Crippen molar-refractivity contribution in [1.29, 1.82) is 5.26 Å². The number of ether oxygens (including phenoxy) is 3. The van der Waals surface area contributed by atoms with Gasteiger partial charge in [0.2, 0.25) is 11.8 Å². The predicted molar refractivity (Wildman–Crippen MR) is 126 cm³/mol. The summed E-state index contributed by atoms with van der Waals surface area (Å²) in [6.45, 7) is 1.99. The summed E-state index contributed by atoms with van der Waals surface area (Å²) in [4.78, 5) is 14.0. The highest BCUT2D eigenvalue weighted by Gasteiger charge is 2.35. The van der Waals surface area contributed by atoms with Crippen molar-refractivity contribution >= 4 is 22.0 Å². The monoisotopic (exact) mass is 521 g/mol. The van der Waals surface area contributed by atoms with Crippen LogP contribution in [0.2, 0.25) is 0 Å². The zero-order chi connectivity index (χ0) is 23.7. The molecule has 2 aliphatic heterocycles. The Labute approximate surface area is 203 Å². The number of hydrogen-bond donors (Lipinski definition) is 2. The van der Waals surface area contributed by atoms with Gasteiger partial charge < -0.3 is 24.8 Å². The molecule has 10 heteroatoms. The quantitative estimate of drug-likeness (QED) is 0.535. The van der Waals surface area contributed by atoms with Crippen molar-refractivity contribution in [3.05, 3.63) is 75.6 Å². The summed E-state index contributed by atoms with van der Waals surface area (Å²) < 4.78 is 17.4. The summed E-state index contributed by atoms with van der Waals surface area (Å²) in [6.07, 6.45) is -0.418. The number of nitrogens with one attached hydrogen (secondary N) is 1. The molecule has 3 heterocycles. The van der Waals surface area contributed by atoms with Gasteiger partial charge >= 0.3 is 6.09 Å². The van der Waals surface area contributed by atoms with Crippen LogP contribution < -0.4 is 15.2 Å². The highest BCUT2D eigenvalue weighted by atomic mass is 79.9. The van der Waals surface area contributed by atoms with Gasteiger partial charge in [0.15, 0.2) is 0 Å². The van der Waals surface area contributed by atoms with Crippen LogP contribution in [0.3, 0.4) is 0 Å². The number of fused-ring (bicyclic) bond motifs is 1. The van der Waals surface area contributed by atoms with Gasteiger partial charge in [0.1, 0.15) is 17.4 Å². The fourth-order valence-corrected chi connectivity index (χ4v) is 4.32. The molecule has 9 nitrogen and oxygen atoms in total. The minimum Gasteiger partial charge on any atom is -0.420 e. The molecule has 2 aliphatic rings. The second kappa shape index (κ2) is 9.21. The molecule has 0 radical (unpaired) electrons. The van der Waals surface area contributed by atoms with E-state index in [1.54, 1.807) is 17.0 Å². The molecular weight excluding hydrogens is 502 g/mol. The molecule has 5 rings (SSSR count). The lowest BCUT2D eigenvalue weighted by atomic mass is 9.83.